The molecule has 2 N–H and O–H groups in total. The number of hydrogen-bond donors (Lipinski definition) is 2. The second-order valence-electron chi connectivity index (χ2n) is 4.35. The highest BCUT2D eigenvalue weighted by Crippen LogP contribution is 2.20. The van der Waals surface area contributed by atoms with Crippen LogP contribution in [0.3, 0.4) is 0 Å². The molecular formula is C14H19ClFNO3. The van der Waals surface area contributed by atoms with Crippen molar-refractivity contribution >= 4 is 17.5 Å². The summed E-state index contributed by atoms with van der Waals surface area (Å²) >= 11 is 5.60. The Bertz CT molecular complexity index is 429. The van der Waals surface area contributed by atoms with Gasteiger partial charge in [0.15, 0.2) is 6.61 Å². The van der Waals surface area contributed by atoms with Gasteiger partial charge in [0, 0.05) is 19.2 Å². The summed E-state index contributed by atoms with van der Waals surface area (Å²) in [5.74, 6) is -0.395. The Kier molecular flexibility index (Phi) is 7.99. The van der Waals surface area contributed by atoms with Gasteiger partial charge in [0.1, 0.15) is 11.6 Å². The first-order chi connectivity index (χ1) is 9.63. The number of unbranched alkanes of at least 4 members (excludes halogenated alkanes) is 3. The molecule has 0 heterocycles. The van der Waals surface area contributed by atoms with Gasteiger partial charge in [0.2, 0.25) is 0 Å². The summed E-state index contributed by atoms with van der Waals surface area (Å²) in [6, 6.07) is 3.94. The van der Waals surface area contributed by atoms with Crippen LogP contribution in [0.25, 0.3) is 0 Å². The first-order valence-corrected chi connectivity index (χ1v) is 6.96. The van der Waals surface area contributed by atoms with Gasteiger partial charge in [-0.15, -0.1) is 0 Å². The Morgan fingerprint density at radius 3 is 2.75 bits per heavy atom. The van der Waals surface area contributed by atoms with E-state index in [-0.39, 0.29) is 24.1 Å². The zero-order valence-corrected chi connectivity index (χ0v) is 12.0. The number of carbonyl (C=O) groups is 1. The summed E-state index contributed by atoms with van der Waals surface area (Å²) in [6.45, 7) is 0.664. The van der Waals surface area contributed by atoms with Crippen molar-refractivity contribution in [3.8, 4) is 5.75 Å². The molecule has 0 spiro atoms. The average molecular weight is 304 g/mol. The molecule has 1 amide bonds. The van der Waals surface area contributed by atoms with Crippen LogP contribution in [0.15, 0.2) is 18.2 Å². The van der Waals surface area contributed by atoms with E-state index >= 15 is 0 Å². The number of nitrogens with one attached hydrogen (secondary N) is 1. The Morgan fingerprint density at radius 2 is 2.05 bits per heavy atom. The molecule has 112 valence electrons. The highest BCUT2D eigenvalue weighted by molar-refractivity contribution is 6.30. The number of aliphatic hydroxyl groups is 1. The SMILES string of the molecule is O=C(COc1ccc(F)c(Cl)c1)NCCCCCCO. The van der Waals surface area contributed by atoms with Crippen LogP contribution in [0.5, 0.6) is 5.75 Å². The fourth-order valence-corrected chi connectivity index (χ4v) is 1.76. The second-order valence-corrected chi connectivity index (χ2v) is 4.76. The zero-order chi connectivity index (χ0) is 14.8. The Balaban J connectivity index is 2.15. The number of aliphatic hydroxyl groups excluding tert-OH is 1. The summed E-state index contributed by atoms with van der Waals surface area (Å²) in [5, 5.41) is 11.3. The molecule has 0 fully saturated rings. The Hall–Kier alpha value is -1.33. The summed E-state index contributed by atoms with van der Waals surface area (Å²) < 4.78 is 18.1. The molecule has 0 aliphatic carbocycles. The van der Waals surface area contributed by atoms with Crippen LogP contribution < -0.4 is 10.1 Å². The van der Waals surface area contributed by atoms with Gasteiger partial charge < -0.3 is 15.2 Å². The molecule has 0 radical (unpaired) electrons. The third-order valence-electron chi connectivity index (χ3n) is 2.67. The fourth-order valence-electron chi connectivity index (χ4n) is 1.58. The third kappa shape index (κ3) is 6.73. The highest BCUT2D eigenvalue weighted by atomic mass is 35.5. The summed E-state index contributed by atoms with van der Waals surface area (Å²) in [7, 11) is 0. The monoisotopic (exact) mass is 303 g/mol. The van der Waals surface area contributed by atoms with Crippen molar-refractivity contribution < 1.29 is 19.0 Å². The van der Waals surface area contributed by atoms with E-state index in [0.717, 1.165) is 25.7 Å². The van der Waals surface area contributed by atoms with E-state index in [9.17, 15) is 9.18 Å². The smallest absolute Gasteiger partial charge is 0.257 e. The molecule has 0 saturated heterocycles. The normalized spacial score (nSPS) is 10.3. The average Bonchev–Trinajstić information content (AvgIpc) is 2.44. The zero-order valence-electron chi connectivity index (χ0n) is 11.2. The third-order valence-corrected chi connectivity index (χ3v) is 2.96. The van der Waals surface area contributed by atoms with Crippen molar-refractivity contribution in [1.29, 1.82) is 0 Å². The fraction of sp³-hybridized carbons (Fsp3) is 0.500. The van der Waals surface area contributed by atoms with Crippen molar-refractivity contribution in [3.63, 3.8) is 0 Å². The maximum absolute atomic E-state index is 12.9. The lowest BCUT2D eigenvalue weighted by atomic mass is 10.2. The van der Waals surface area contributed by atoms with Gasteiger partial charge in [0.25, 0.3) is 5.91 Å². The minimum Gasteiger partial charge on any atom is -0.484 e. The molecule has 4 nitrogen and oxygen atoms in total. The quantitative estimate of drug-likeness (QED) is 0.689. The van der Waals surface area contributed by atoms with E-state index in [4.69, 9.17) is 21.4 Å². The van der Waals surface area contributed by atoms with Crippen LogP contribution in [0.2, 0.25) is 5.02 Å². The molecule has 0 saturated carbocycles. The Morgan fingerprint density at radius 1 is 1.30 bits per heavy atom. The van der Waals surface area contributed by atoms with Crippen molar-refractivity contribution in [2.24, 2.45) is 0 Å². The molecule has 0 aromatic heterocycles. The Labute approximate surface area is 122 Å². The predicted octanol–water partition coefficient (Wildman–Crippen LogP) is 2.53. The number of rotatable bonds is 9. The summed E-state index contributed by atoms with van der Waals surface area (Å²) in [5.41, 5.74) is 0. The van der Waals surface area contributed by atoms with Crippen molar-refractivity contribution in [3.05, 3.63) is 29.0 Å². The predicted molar refractivity (Wildman–Crippen MR) is 75.5 cm³/mol. The van der Waals surface area contributed by atoms with Gasteiger partial charge in [-0.05, 0) is 25.0 Å². The van der Waals surface area contributed by atoms with Crippen LogP contribution in [0.1, 0.15) is 25.7 Å². The number of carbonyl (C=O) groups excluding carboxylic acids is 1. The van der Waals surface area contributed by atoms with Gasteiger partial charge in [-0.1, -0.05) is 24.4 Å². The van der Waals surface area contributed by atoms with E-state index < -0.39 is 5.82 Å². The molecule has 1 aromatic rings. The molecule has 1 rings (SSSR count). The molecule has 0 atom stereocenters. The van der Waals surface area contributed by atoms with E-state index in [1.165, 1.54) is 18.2 Å². The van der Waals surface area contributed by atoms with Crippen LogP contribution in [0.4, 0.5) is 4.39 Å². The minimum atomic E-state index is -0.522. The molecule has 0 bridgehead atoms. The maximum Gasteiger partial charge on any atom is 0.257 e. The van der Waals surface area contributed by atoms with Crippen LogP contribution in [-0.2, 0) is 4.79 Å². The van der Waals surface area contributed by atoms with Gasteiger partial charge >= 0.3 is 0 Å². The van der Waals surface area contributed by atoms with E-state index in [1.807, 2.05) is 0 Å². The lowest BCUT2D eigenvalue weighted by Crippen LogP contribution is -2.29. The van der Waals surface area contributed by atoms with Crippen LogP contribution in [0, 0.1) is 5.82 Å². The number of amides is 1. The van der Waals surface area contributed by atoms with Crippen LogP contribution in [-0.4, -0.2) is 30.8 Å². The molecule has 1 aromatic carbocycles. The van der Waals surface area contributed by atoms with E-state index in [1.54, 1.807) is 0 Å². The second kappa shape index (κ2) is 9.55. The maximum atomic E-state index is 12.9. The van der Waals surface area contributed by atoms with E-state index in [2.05, 4.69) is 5.32 Å². The molecule has 20 heavy (non-hydrogen) atoms. The van der Waals surface area contributed by atoms with Crippen molar-refractivity contribution in [2.45, 2.75) is 25.7 Å². The van der Waals surface area contributed by atoms with Crippen LogP contribution >= 0.6 is 11.6 Å². The van der Waals surface area contributed by atoms with Crippen molar-refractivity contribution in [2.75, 3.05) is 19.8 Å². The van der Waals surface area contributed by atoms with Crippen molar-refractivity contribution in [1.82, 2.24) is 5.32 Å². The summed E-state index contributed by atoms with van der Waals surface area (Å²) in [6.07, 6.45) is 3.59. The van der Waals surface area contributed by atoms with Gasteiger partial charge in [0.05, 0.1) is 5.02 Å². The number of hydrogen-bond acceptors (Lipinski definition) is 3. The van der Waals surface area contributed by atoms with Gasteiger partial charge in [-0.2, -0.15) is 0 Å². The lowest BCUT2D eigenvalue weighted by molar-refractivity contribution is -0.123. The first-order valence-electron chi connectivity index (χ1n) is 6.59. The topological polar surface area (TPSA) is 58.6 Å². The van der Waals surface area contributed by atoms with Gasteiger partial charge in [-0.3, -0.25) is 4.79 Å². The first kappa shape index (κ1) is 16.7. The standard InChI is InChI=1S/C14H19ClFNO3/c15-12-9-11(5-6-13(12)16)20-10-14(19)17-7-3-1-2-4-8-18/h5-6,9,18H,1-4,7-8,10H2,(H,17,19). The molecule has 0 aliphatic rings. The van der Waals surface area contributed by atoms with Gasteiger partial charge in [-0.25, -0.2) is 4.39 Å². The number of ether oxygens (including phenoxy) is 1. The lowest BCUT2D eigenvalue weighted by Gasteiger charge is -2.08. The molecule has 6 heteroatoms. The molecular weight excluding hydrogens is 285 g/mol. The number of halogens is 2. The van der Waals surface area contributed by atoms with E-state index in [0.29, 0.717) is 12.3 Å². The highest BCUT2D eigenvalue weighted by Gasteiger charge is 2.05. The molecule has 0 aliphatic heterocycles. The largest absolute Gasteiger partial charge is 0.484 e. The minimum absolute atomic E-state index is 0.0354. The number of benzene rings is 1. The summed E-state index contributed by atoms with van der Waals surface area (Å²) in [4.78, 5) is 11.5. The molecule has 0 unspecified atom stereocenters.